The van der Waals surface area contributed by atoms with Crippen molar-refractivity contribution in [1.82, 2.24) is 14.9 Å². The monoisotopic (exact) mass is 519 g/mol. The van der Waals surface area contributed by atoms with Crippen LogP contribution in [0, 0.1) is 0 Å². The number of aliphatic carboxylic acids is 2. The molecule has 0 radical (unpaired) electrons. The van der Waals surface area contributed by atoms with Gasteiger partial charge in [0.2, 0.25) is 0 Å². The van der Waals surface area contributed by atoms with Crippen molar-refractivity contribution < 1.29 is 50.9 Å². The molecule has 0 bridgehead atoms. The zero-order valence-electron chi connectivity index (χ0n) is 17.1. The number of pyridine rings is 2. The lowest BCUT2D eigenvalue weighted by Gasteiger charge is -2.24. The van der Waals surface area contributed by atoms with Gasteiger partial charge in [-0.3, -0.25) is 14.6 Å². The lowest BCUT2D eigenvalue weighted by Crippen LogP contribution is -2.30. The van der Waals surface area contributed by atoms with Crippen LogP contribution >= 0.6 is 11.6 Å². The van der Waals surface area contributed by atoms with Gasteiger partial charge in [0.25, 0.3) is 11.5 Å². The average Bonchev–Trinajstić information content (AvgIpc) is 2.74. The number of carboxylic acid groups (broad SMARTS) is 2. The number of nitrogens with zero attached hydrogens (tertiary/aromatic N) is 2. The summed E-state index contributed by atoms with van der Waals surface area (Å²) in [5.41, 5.74) is 0.711. The van der Waals surface area contributed by atoms with Gasteiger partial charge in [-0.1, -0.05) is 17.7 Å². The quantitative estimate of drug-likeness (QED) is 0.527. The Morgan fingerprint density at radius 2 is 1.53 bits per heavy atom. The highest BCUT2D eigenvalue weighted by Gasteiger charge is 2.38. The first kappa shape index (κ1) is 30.4. The fourth-order valence-corrected chi connectivity index (χ4v) is 1.95. The predicted octanol–water partition coefficient (Wildman–Crippen LogP) is 3.52. The van der Waals surface area contributed by atoms with Gasteiger partial charge < -0.3 is 20.1 Å². The van der Waals surface area contributed by atoms with Gasteiger partial charge in [0.15, 0.2) is 0 Å². The normalized spacial score (nSPS) is 11.7. The molecule has 0 saturated carbocycles. The molecule has 0 aliphatic rings. The van der Waals surface area contributed by atoms with Gasteiger partial charge in [-0.2, -0.15) is 26.3 Å². The van der Waals surface area contributed by atoms with Crippen LogP contribution in [0.15, 0.2) is 41.5 Å². The number of carbonyl (C=O) groups is 3. The molecule has 0 saturated heterocycles. The zero-order chi connectivity index (χ0) is 26.9. The Labute approximate surface area is 191 Å². The summed E-state index contributed by atoms with van der Waals surface area (Å²) in [6.07, 6.45) is -7.13. The molecule has 0 aliphatic carbocycles. The zero-order valence-corrected chi connectivity index (χ0v) is 17.9. The molecule has 34 heavy (non-hydrogen) atoms. The Bertz CT molecular complexity index is 1020. The van der Waals surface area contributed by atoms with E-state index in [1.165, 1.54) is 12.3 Å². The van der Waals surface area contributed by atoms with Crippen LogP contribution in [0.5, 0.6) is 0 Å². The lowest BCUT2D eigenvalue weighted by atomic mass is 10.1. The molecule has 2 aromatic heterocycles. The van der Waals surface area contributed by atoms with Crippen LogP contribution in [-0.2, 0) is 9.59 Å². The highest BCUT2D eigenvalue weighted by Crippen LogP contribution is 2.19. The Morgan fingerprint density at radius 3 is 1.88 bits per heavy atom. The molecule has 9 nitrogen and oxygen atoms in total. The maximum atomic E-state index is 12.3. The van der Waals surface area contributed by atoms with Gasteiger partial charge in [-0.25, -0.2) is 9.59 Å². The first-order valence-corrected chi connectivity index (χ1v) is 8.93. The summed E-state index contributed by atoms with van der Waals surface area (Å²) < 4.78 is 63.5. The molecule has 0 aliphatic heterocycles. The molecule has 1 atom stereocenters. The highest BCUT2D eigenvalue weighted by atomic mass is 35.5. The predicted molar refractivity (Wildman–Crippen MR) is 104 cm³/mol. The summed E-state index contributed by atoms with van der Waals surface area (Å²) in [4.78, 5) is 49.5. The minimum absolute atomic E-state index is 0.00487. The smallest absolute Gasteiger partial charge is 0.475 e. The Morgan fingerprint density at radius 1 is 1.06 bits per heavy atom. The number of carboxylic acids is 2. The summed E-state index contributed by atoms with van der Waals surface area (Å²) in [7, 11) is 1.68. The van der Waals surface area contributed by atoms with Gasteiger partial charge in [-0.15, -0.1) is 0 Å². The minimum atomic E-state index is -5.08. The SMILES string of the molecule is CC(c1ccccn1)N(C)C(=O)c1c[nH]c(=O)c(Cl)c1.O=C(O)C(F)(F)F.O=C(O)C(F)(F)F. The number of aromatic nitrogens is 2. The maximum Gasteiger partial charge on any atom is 0.490 e. The third kappa shape index (κ3) is 10.3. The van der Waals surface area contributed by atoms with E-state index >= 15 is 0 Å². The molecule has 2 aromatic rings. The number of alkyl halides is 6. The number of rotatable bonds is 3. The van der Waals surface area contributed by atoms with Crippen LogP contribution in [-0.4, -0.2) is 62.3 Å². The summed E-state index contributed by atoms with van der Waals surface area (Å²) >= 11 is 5.73. The number of H-pyrrole nitrogens is 1. The third-order valence-electron chi connectivity index (χ3n) is 3.61. The number of halogens is 7. The van der Waals surface area contributed by atoms with E-state index in [1.807, 2.05) is 25.1 Å². The van der Waals surface area contributed by atoms with Gasteiger partial charge in [0.05, 0.1) is 17.3 Å². The van der Waals surface area contributed by atoms with Crippen molar-refractivity contribution in [3.63, 3.8) is 0 Å². The highest BCUT2D eigenvalue weighted by molar-refractivity contribution is 6.30. The van der Waals surface area contributed by atoms with Gasteiger partial charge in [0, 0.05) is 19.4 Å². The Balaban J connectivity index is 0.000000642. The number of aromatic amines is 1. The van der Waals surface area contributed by atoms with Crippen LogP contribution in [0.1, 0.15) is 29.0 Å². The minimum Gasteiger partial charge on any atom is -0.475 e. The summed E-state index contributed by atoms with van der Waals surface area (Å²) in [6.45, 7) is 1.88. The molecule has 2 rings (SSSR count). The Hall–Kier alpha value is -3.62. The van der Waals surface area contributed by atoms with E-state index in [-0.39, 0.29) is 17.0 Å². The first-order valence-electron chi connectivity index (χ1n) is 8.56. The number of carbonyl (C=O) groups excluding carboxylic acids is 1. The molecule has 16 heteroatoms. The van der Waals surface area contributed by atoms with E-state index in [9.17, 15) is 35.9 Å². The molecule has 0 fully saturated rings. The Kier molecular flexibility index (Phi) is 11.2. The van der Waals surface area contributed by atoms with Crippen molar-refractivity contribution in [2.75, 3.05) is 7.05 Å². The second-order valence-electron chi connectivity index (χ2n) is 6.02. The van der Waals surface area contributed by atoms with Crippen molar-refractivity contribution >= 4 is 29.4 Å². The second kappa shape index (κ2) is 12.6. The standard InChI is InChI=1S/C14H14ClN3O2.2C2HF3O2/c1-9(12-5-3-4-6-16-12)18(2)14(20)10-7-11(15)13(19)17-8-10;2*3-2(4,5)1(6)7/h3-9H,1-2H3,(H,17,19);2*(H,6,7). The fraction of sp³-hybridized carbons (Fsp3) is 0.278. The van der Waals surface area contributed by atoms with E-state index in [0.29, 0.717) is 5.56 Å². The van der Waals surface area contributed by atoms with E-state index < -0.39 is 29.9 Å². The van der Waals surface area contributed by atoms with Crippen LogP contribution in [0.2, 0.25) is 5.02 Å². The van der Waals surface area contributed by atoms with E-state index in [4.69, 9.17) is 31.4 Å². The van der Waals surface area contributed by atoms with Gasteiger partial charge in [0.1, 0.15) is 5.02 Å². The number of amides is 1. The maximum absolute atomic E-state index is 12.3. The van der Waals surface area contributed by atoms with Crippen LogP contribution in [0.3, 0.4) is 0 Å². The molecular weight excluding hydrogens is 504 g/mol. The first-order chi connectivity index (χ1) is 15.4. The summed E-state index contributed by atoms with van der Waals surface area (Å²) in [5, 5.41) is 14.2. The molecule has 0 spiro atoms. The molecule has 188 valence electrons. The van der Waals surface area contributed by atoms with Crippen molar-refractivity contribution in [3.8, 4) is 0 Å². The fourth-order valence-electron chi connectivity index (χ4n) is 1.78. The number of hydrogen-bond acceptors (Lipinski definition) is 5. The van der Waals surface area contributed by atoms with Crippen LogP contribution < -0.4 is 5.56 Å². The van der Waals surface area contributed by atoms with Crippen molar-refractivity contribution in [3.05, 3.63) is 63.3 Å². The van der Waals surface area contributed by atoms with E-state index in [2.05, 4.69) is 9.97 Å². The lowest BCUT2D eigenvalue weighted by molar-refractivity contribution is -0.193. The third-order valence-corrected chi connectivity index (χ3v) is 3.89. The molecule has 1 unspecified atom stereocenters. The second-order valence-corrected chi connectivity index (χ2v) is 6.43. The molecule has 1 amide bonds. The van der Waals surface area contributed by atoms with E-state index in [1.54, 1.807) is 18.1 Å². The summed E-state index contributed by atoms with van der Waals surface area (Å²) in [5.74, 6) is -5.75. The molecular formula is C18H16ClF6N3O6. The molecule has 3 N–H and O–H groups in total. The topological polar surface area (TPSA) is 141 Å². The van der Waals surface area contributed by atoms with Gasteiger partial charge in [-0.05, 0) is 25.1 Å². The van der Waals surface area contributed by atoms with Crippen LogP contribution in [0.25, 0.3) is 0 Å². The number of hydrogen-bond donors (Lipinski definition) is 3. The van der Waals surface area contributed by atoms with Crippen LogP contribution in [0.4, 0.5) is 26.3 Å². The van der Waals surface area contributed by atoms with E-state index in [0.717, 1.165) is 5.69 Å². The number of nitrogens with one attached hydrogen (secondary N) is 1. The molecule has 2 heterocycles. The van der Waals surface area contributed by atoms with Gasteiger partial charge >= 0.3 is 24.3 Å². The van der Waals surface area contributed by atoms with Crippen molar-refractivity contribution in [2.45, 2.75) is 25.3 Å². The molecule has 0 aromatic carbocycles. The summed E-state index contributed by atoms with van der Waals surface area (Å²) in [6, 6.07) is 6.72. The van der Waals surface area contributed by atoms with Crippen molar-refractivity contribution in [1.29, 1.82) is 0 Å². The average molecular weight is 520 g/mol. The largest absolute Gasteiger partial charge is 0.490 e. The van der Waals surface area contributed by atoms with Crippen molar-refractivity contribution in [2.24, 2.45) is 0 Å².